The average Bonchev–Trinajstić information content (AvgIpc) is 2.85. The molecule has 2 N–H and O–H groups in total. The van der Waals surface area contributed by atoms with Crippen molar-refractivity contribution in [3.8, 4) is 0 Å². The van der Waals surface area contributed by atoms with Gasteiger partial charge in [-0.25, -0.2) is 0 Å². The summed E-state index contributed by atoms with van der Waals surface area (Å²) >= 11 is 0. The van der Waals surface area contributed by atoms with Gasteiger partial charge in [-0.15, -0.1) is 0 Å². The molecule has 0 saturated heterocycles. The molecular weight excluding hydrogens is 424 g/mol. The van der Waals surface area contributed by atoms with Gasteiger partial charge in [-0.2, -0.15) is 0 Å². The van der Waals surface area contributed by atoms with Crippen LogP contribution in [0, 0.1) is 6.42 Å². The zero-order valence-electron chi connectivity index (χ0n) is 23.1. The van der Waals surface area contributed by atoms with Crippen molar-refractivity contribution in [1.29, 1.82) is 0 Å². The van der Waals surface area contributed by atoms with Crippen LogP contribution in [-0.4, -0.2) is 48.8 Å². The molecule has 2 unspecified atom stereocenters. The van der Waals surface area contributed by atoms with Crippen molar-refractivity contribution in [2.75, 3.05) is 26.4 Å². The summed E-state index contributed by atoms with van der Waals surface area (Å²) in [5.41, 5.74) is 0. The smallest absolute Gasteiger partial charge is 0.0838 e. The molecule has 2 atom stereocenters. The Balaban J connectivity index is 3.38. The third-order valence-corrected chi connectivity index (χ3v) is 6.63. The van der Waals surface area contributed by atoms with E-state index in [1.165, 1.54) is 116 Å². The summed E-state index contributed by atoms with van der Waals surface area (Å²) in [7, 11) is 0. The molecule has 4 nitrogen and oxygen atoms in total. The van der Waals surface area contributed by atoms with Gasteiger partial charge < -0.3 is 19.7 Å². The van der Waals surface area contributed by atoms with Gasteiger partial charge >= 0.3 is 0 Å². The van der Waals surface area contributed by atoms with Crippen molar-refractivity contribution >= 4 is 0 Å². The highest BCUT2D eigenvalue weighted by Gasteiger charge is 2.12. The second-order valence-corrected chi connectivity index (χ2v) is 10.2. The number of aliphatic hydroxyl groups excluding tert-OH is 2. The maximum atomic E-state index is 10.1. The third-order valence-electron chi connectivity index (χ3n) is 6.63. The fraction of sp³-hybridized carbons (Fsp3) is 0.967. The molecule has 0 aromatic heterocycles. The van der Waals surface area contributed by atoms with Crippen LogP contribution in [-0.2, 0) is 9.47 Å². The molecule has 0 aliphatic carbocycles. The Morgan fingerprint density at radius 1 is 0.588 bits per heavy atom. The molecule has 0 aromatic carbocycles. The standard InChI is InChI=1S/C30H61O4/c1-3-5-7-9-11-12-13-14-15-16-17-18-20-22-26-34-30(27-31)24-23-29(32)28-33-25-21-19-10-8-6-4-2/h24,29-32H,3-23,25-28H2,1-2H3. The molecule has 0 aliphatic heterocycles. The van der Waals surface area contributed by atoms with Gasteiger partial charge in [-0.1, -0.05) is 129 Å². The van der Waals surface area contributed by atoms with E-state index in [-0.39, 0.29) is 12.7 Å². The molecule has 4 heteroatoms. The van der Waals surface area contributed by atoms with E-state index in [2.05, 4.69) is 13.8 Å². The summed E-state index contributed by atoms with van der Waals surface area (Å²) < 4.78 is 11.4. The van der Waals surface area contributed by atoms with Crippen LogP contribution in [0.15, 0.2) is 0 Å². The molecule has 0 saturated carbocycles. The lowest BCUT2D eigenvalue weighted by Gasteiger charge is -2.17. The van der Waals surface area contributed by atoms with E-state index in [4.69, 9.17) is 9.47 Å². The van der Waals surface area contributed by atoms with Crippen LogP contribution in [0.1, 0.15) is 149 Å². The lowest BCUT2D eigenvalue weighted by Crippen LogP contribution is -2.24. The highest BCUT2D eigenvalue weighted by atomic mass is 16.5. The maximum absolute atomic E-state index is 10.1. The minimum atomic E-state index is -0.515. The zero-order chi connectivity index (χ0) is 25.0. The molecule has 0 spiro atoms. The topological polar surface area (TPSA) is 58.9 Å². The van der Waals surface area contributed by atoms with Crippen LogP contribution in [0.3, 0.4) is 0 Å². The molecule has 0 aliphatic rings. The highest BCUT2D eigenvalue weighted by molar-refractivity contribution is 4.79. The van der Waals surface area contributed by atoms with Crippen LogP contribution in [0.5, 0.6) is 0 Å². The Kier molecular flexibility index (Phi) is 28.9. The number of aliphatic hydroxyl groups is 2. The van der Waals surface area contributed by atoms with Gasteiger partial charge in [0.25, 0.3) is 0 Å². The average molecular weight is 486 g/mol. The molecule has 34 heavy (non-hydrogen) atoms. The lowest BCUT2D eigenvalue weighted by molar-refractivity contribution is 0.0104. The van der Waals surface area contributed by atoms with E-state index < -0.39 is 6.10 Å². The quantitative estimate of drug-likeness (QED) is 0.105. The first-order valence-electron chi connectivity index (χ1n) is 15.1. The minimum Gasteiger partial charge on any atom is -0.394 e. The van der Waals surface area contributed by atoms with Crippen molar-refractivity contribution < 1.29 is 19.7 Å². The summed E-state index contributed by atoms with van der Waals surface area (Å²) in [6.07, 6.45) is 27.9. The summed E-state index contributed by atoms with van der Waals surface area (Å²) in [5, 5.41) is 19.6. The molecule has 0 amide bonds. The van der Waals surface area contributed by atoms with Gasteiger partial charge in [0.05, 0.1) is 25.4 Å². The summed E-state index contributed by atoms with van der Waals surface area (Å²) in [4.78, 5) is 0. The first-order valence-corrected chi connectivity index (χ1v) is 15.1. The third kappa shape index (κ3) is 26.4. The molecular formula is C30H61O4. The van der Waals surface area contributed by atoms with Gasteiger partial charge in [0, 0.05) is 13.2 Å². The van der Waals surface area contributed by atoms with Crippen molar-refractivity contribution in [1.82, 2.24) is 0 Å². The Hall–Kier alpha value is -0.160. The van der Waals surface area contributed by atoms with E-state index in [0.29, 0.717) is 19.6 Å². The van der Waals surface area contributed by atoms with Crippen molar-refractivity contribution in [3.05, 3.63) is 6.42 Å². The summed E-state index contributed by atoms with van der Waals surface area (Å²) in [5.74, 6) is 0. The second-order valence-electron chi connectivity index (χ2n) is 10.2. The molecule has 0 fully saturated rings. The maximum Gasteiger partial charge on any atom is 0.0838 e. The Bertz CT molecular complexity index is 364. The number of ether oxygens (including phenoxy) is 2. The van der Waals surface area contributed by atoms with Crippen LogP contribution < -0.4 is 0 Å². The predicted octanol–water partition coefficient (Wildman–Crippen LogP) is 8.18. The summed E-state index contributed by atoms with van der Waals surface area (Å²) in [6, 6.07) is 0. The molecule has 0 rings (SSSR count). The molecule has 0 heterocycles. The van der Waals surface area contributed by atoms with Crippen LogP contribution in [0.4, 0.5) is 0 Å². The van der Waals surface area contributed by atoms with Gasteiger partial charge in [-0.3, -0.25) is 0 Å². The van der Waals surface area contributed by atoms with Crippen molar-refractivity contribution in [2.45, 2.75) is 161 Å². The van der Waals surface area contributed by atoms with Crippen molar-refractivity contribution in [3.63, 3.8) is 0 Å². The normalized spacial score (nSPS) is 13.4. The Labute approximate surface area is 213 Å². The Morgan fingerprint density at radius 3 is 1.44 bits per heavy atom. The second kappa shape index (κ2) is 29.1. The fourth-order valence-electron chi connectivity index (χ4n) is 4.31. The van der Waals surface area contributed by atoms with E-state index in [1.807, 2.05) is 6.42 Å². The number of rotatable bonds is 29. The first-order chi connectivity index (χ1) is 16.7. The van der Waals surface area contributed by atoms with Gasteiger partial charge in [-0.05, 0) is 25.7 Å². The summed E-state index contributed by atoms with van der Waals surface area (Å²) in [6.45, 7) is 6.26. The van der Waals surface area contributed by atoms with E-state index in [9.17, 15) is 10.2 Å². The van der Waals surface area contributed by atoms with E-state index >= 15 is 0 Å². The Morgan fingerprint density at radius 2 is 1.00 bits per heavy atom. The van der Waals surface area contributed by atoms with Gasteiger partial charge in [0.2, 0.25) is 0 Å². The molecule has 0 bridgehead atoms. The first kappa shape index (κ1) is 33.8. The number of unbranched alkanes of at least 4 members (excludes halogenated alkanes) is 18. The van der Waals surface area contributed by atoms with Crippen LogP contribution in [0.25, 0.3) is 0 Å². The van der Waals surface area contributed by atoms with Gasteiger partial charge in [0.1, 0.15) is 0 Å². The predicted molar refractivity (Wildman–Crippen MR) is 146 cm³/mol. The lowest BCUT2D eigenvalue weighted by atomic mass is 10.0. The van der Waals surface area contributed by atoms with Crippen molar-refractivity contribution in [2.24, 2.45) is 0 Å². The number of hydrogen-bond acceptors (Lipinski definition) is 4. The highest BCUT2D eigenvalue weighted by Crippen LogP contribution is 2.13. The zero-order valence-corrected chi connectivity index (χ0v) is 23.1. The molecule has 205 valence electrons. The monoisotopic (exact) mass is 485 g/mol. The minimum absolute atomic E-state index is 0.0239. The molecule has 1 radical (unpaired) electrons. The van der Waals surface area contributed by atoms with Gasteiger partial charge in [0.15, 0.2) is 0 Å². The fourth-order valence-corrected chi connectivity index (χ4v) is 4.31. The molecule has 0 aromatic rings. The van der Waals surface area contributed by atoms with Crippen LogP contribution >= 0.6 is 0 Å². The largest absolute Gasteiger partial charge is 0.394 e. The SMILES string of the molecule is CCCCCCCCCCCCCCCCOC([CH]CC(O)COCCCCCCCC)CO. The van der Waals surface area contributed by atoms with E-state index in [0.717, 1.165) is 19.4 Å². The number of hydrogen-bond donors (Lipinski definition) is 2. The van der Waals surface area contributed by atoms with Crippen LogP contribution in [0.2, 0.25) is 0 Å². The van der Waals surface area contributed by atoms with E-state index in [1.54, 1.807) is 0 Å².